The molecule has 2 nitrogen and oxygen atoms in total. The van der Waals surface area contributed by atoms with Crippen LogP contribution in [0.3, 0.4) is 0 Å². The van der Waals surface area contributed by atoms with Crippen molar-refractivity contribution in [2.24, 2.45) is 0 Å². The van der Waals surface area contributed by atoms with Gasteiger partial charge in [-0.2, -0.15) is 0 Å². The van der Waals surface area contributed by atoms with E-state index in [2.05, 4.69) is 249 Å². The topological polar surface area (TPSA) is 17.3 Å². The number of hydrogen-bond acceptors (Lipinski definition) is 1. The highest BCUT2D eigenvalue weighted by molar-refractivity contribution is 6.22. The van der Waals surface area contributed by atoms with Gasteiger partial charge in [0.2, 0.25) is 0 Å². The fourth-order valence-corrected chi connectivity index (χ4v) is 10.8. The maximum Gasteiger partial charge on any atom is 0.145 e. The minimum atomic E-state index is -0.230. The first-order valence-electron chi connectivity index (χ1n) is 22.9. The number of aromatic nitrogens is 2. The van der Waals surface area contributed by atoms with Gasteiger partial charge in [-0.05, 0) is 129 Å². The zero-order chi connectivity index (χ0) is 43.9. The molecule has 0 aliphatic heterocycles. The quantitative estimate of drug-likeness (QED) is 0.153. The Morgan fingerprint density at radius 3 is 1.41 bits per heavy atom. The van der Waals surface area contributed by atoms with Crippen molar-refractivity contribution < 1.29 is 0 Å². The third-order valence-corrected chi connectivity index (χ3v) is 14.2. The highest BCUT2D eigenvalue weighted by Gasteiger charge is 2.37. The van der Waals surface area contributed by atoms with E-state index in [4.69, 9.17) is 4.98 Å². The molecule has 12 aromatic rings. The molecule has 10 aromatic carbocycles. The third kappa shape index (κ3) is 6.06. The summed E-state index contributed by atoms with van der Waals surface area (Å²) >= 11 is 0. The first-order chi connectivity index (χ1) is 32.5. The molecule has 0 saturated heterocycles. The summed E-state index contributed by atoms with van der Waals surface area (Å²) in [4.78, 5) is 5.09. The molecular formula is C64H44N2. The molecule has 0 N–H and O–H groups in total. The smallest absolute Gasteiger partial charge is 0.145 e. The van der Waals surface area contributed by atoms with Crippen LogP contribution in [-0.2, 0) is 5.41 Å². The van der Waals surface area contributed by atoms with E-state index in [1.54, 1.807) is 0 Å². The van der Waals surface area contributed by atoms with Gasteiger partial charge in [0.1, 0.15) is 5.65 Å². The summed E-state index contributed by atoms with van der Waals surface area (Å²) in [6, 6.07) is 80.4. The third-order valence-electron chi connectivity index (χ3n) is 14.2. The van der Waals surface area contributed by atoms with Gasteiger partial charge < -0.3 is 4.40 Å². The van der Waals surface area contributed by atoms with Gasteiger partial charge in [0, 0.05) is 28.8 Å². The Morgan fingerprint density at radius 1 is 0.348 bits per heavy atom. The Kier molecular flexibility index (Phi) is 8.60. The zero-order valence-corrected chi connectivity index (χ0v) is 36.8. The molecule has 0 radical (unpaired) electrons. The van der Waals surface area contributed by atoms with Crippen molar-refractivity contribution in [2.75, 3.05) is 0 Å². The summed E-state index contributed by atoms with van der Waals surface area (Å²) in [6.45, 7) is 4.81. The van der Waals surface area contributed by atoms with Crippen molar-refractivity contribution >= 4 is 38.0 Å². The van der Waals surface area contributed by atoms with Gasteiger partial charge >= 0.3 is 0 Å². The maximum absolute atomic E-state index is 5.09. The van der Waals surface area contributed by atoms with Crippen molar-refractivity contribution in [3.05, 3.63) is 242 Å². The summed E-state index contributed by atoms with van der Waals surface area (Å²) in [5.74, 6) is 0. The number of hydrogen-bond donors (Lipinski definition) is 0. The molecular weight excluding hydrogens is 797 g/mol. The van der Waals surface area contributed by atoms with Crippen molar-refractivity contribution in [1.29, 1.82) is 0 Å². The lowest BCUT2D eigenvalue weighted by Crippen LogP contribution is -2.15. The second-order valence-electron chi connectivity index (χ2n) is 18.3. The molecule has 0 atom stereocenters. The number of pyridine rings is 1. The van der Waals surface area contributed by atoms with E-state index in [1.165, 1.54) is 105 Å². The molecule has 66 heavy (non-hydrogen) atoms. The lowest BCUT2D eigenvalue weighted by atomic mass is 9.79. The summed E-state index contributed by atoms with van der Waals surface area (Å²) in [5.41, 5.74) is 20.4. The first-order valence-corrected chi connectivity index (χ1v) is 22.9. The standard InChI is InChI=1S/C64H44N2/c1-64(2)58-37-50(45-21-27-47(28-22-45)60-40-66-36-35-46-17-9-10-18-51(46)63(66)65-60)33-34-52(58)55-38-56-57(39-59(55)64)62(49-31-25-44(26-32-49)42-15-7-4-8-16-42)54-20-12-11-19-53(54)61(56)48-29-23-43(24-30-48)41-13-5-3-6-14-41/h3-40H,1-2H3. The number of imidazole rings is 1. The zero-order valence-electron chi connectivity index (χ0n) is 36.8. The molecule has 0 unspecified atom stereocenters. The molecule has 0 saturated carbocycles. The fourth-order valence-electron chi connectivity index (χ4n) is 10.8. The van der Waals surface area contributed by atoms with Gasteiger partial charge in [-0.3, -0.25) is 0 Å². The van der Waals surface area contributed by atoms with E-state index in [0.717, 1.165) is 22.3 Å². The average Bonchev–Trinajstić information content (AvgIpc) is 3.92. The van der Waals surface area contributed by atoms with Gasteiger partial charge in [0.25, 0.3) is 0 Å². The maximum atomic E-state index is 5.09. The monoisotopic (exact) mass is 840 g/mol. The van der Waals surface area contributed by atoms with Gasteiger partial charge in [-0.1, -0.05) is 208 Å². The lowest BCUT2D eigenvalue weighted by Gasteiger charge is -2.24. The molecule has 0 spiro atoms. The highest BCUT2D eigenvalue weighted by Crippen LogP contribution is 2.54. The Labute approximate surface area is 384 Å². The summed E-state index contributed by atoms with van der Waals surface area (Å²) in [5, 5.41) is 7.42. The fraction of sp³-hybridized carbons (Fsp3) is 0.0469. The Balaban J connectivity index is 0.955. The van der Waals surface area contributed by atoms with Gasteiger partial charge in [-0.15, -0.1) is 0 Å². The van der Waals surface area contributed by atoms with Crippen molar-refractivity contribution in [3.8, 4) is 78.0 Å². The van der Waals surface area contributed by atoms with Crippen LogP contribution in [0.1, 0.15) is 25.0 Å². The minimum absolute atomic E-state index is 0.230. The molecule has 1 aliphatic rings. The van der Waals surface area contributed by atoms with Crippen LogP contribution in [-0.4, -0.2) is 9.38 Å². The normalized spacial score (nSPS) is 12.8. The van der Waals surface area contributed by atoms with Gasteiger partial charge in [0.15, 0.2) is 0 Å². The SMILES string of the molecule is CC1(C)c2cc(-c3ccc(-c4cn5ccc6ccccc6c5n4)cc3)ccc2-c2cc3c(-c4ccc(-c5ccccc5)cc4)c4ccccc4c(-c4ccc(-c5ccccc5)cc4)c3cc21. The minimum Gasteiger partial charge on any atom is -0.306 e. The van der Waals surface area contributed by atoms with Gasteiger partial charge in [0.05, 0.1) is 5.69 Å². The molecule has 13 rings (SSSR count). The van der Waals surface area contributed by atoms with E-state index >= 15 is 0 Å². The Morgan fingerprint density at radius 2 is 0.803 bits per heavy atom. The first kappa shape index (κ1) is 38.2. The second-order valence-corrected chi connectivity index (χ2v) is 18.3. The predicted octanol–water partition coefficient (Wildman–Crippen LogP) is 17.1. The highest BCUT2D eigenvalue weighted by atomic mass is 15.0. The van der Waals surface area contributed by atoms with Crippen molar-refractivity contribution in [2.45, 2.75) is 19.3 Å². The second kappa shape index (κ2) is 14.9. The van der Waals surface area contributed by atoms with Crippen LogP contribution in [0.2, 0.25) is 0 Å². The van der Waals surface area contributed by atoms with Crippen molar-refractivity contribution in [3.63, 3.8) is 0 Å². The number of nitrogens with zero attached hydrogens (tertiary/aromatic N) is 2. The number of benzene rings is 10. The largest absolute Gasteiger partial charge is 0.306 e. The van der Waals surface area contributed by atoms with Crippen LogP contribution < -0.4 is 0 Å². The van der Waals surface area contributed by atoms with Crippen LogP contribution in [0.4, 0.5) is 0 Å². The van der Waals surface area contributed by atoms with Crippen LogP contribution in [0.25, 0.3) is 116 Å². The van der Waals surface area contributed by atoms with Gasteiger partial charge in [-0.25, -0.2) is 4.98 Å². The number of fused-ring (bicyclic) bond motifs is 8. The van der Waals surface area contributed by atoms with E-state index in [0.29, 0.717) is 0 Å². The van der Waals surface area contributed by atoms with Crippen LogP contribution in [0.15, 0.2) is 231 Å². The molecule has 2 aromatic heterocycles. The Bertz CT molecular complexity index is 3840. The van der Waals surface area contributed by atoms with E-state index in [1.807, 2.05) is 0 Å². The predicted molar refractivity (Wildman–Crippen MR) is 278 cm³/mol. The molecule has 2 heteroatoms. The van der Waals surface area contributed by atoms with Crippen LogP contribution in [0, 0.1) is 0 Å². The summed E-state index contributed by atoms with van der Waals surface area (Å²) in [6.07, 6.45) is 4.24. The number of rotatable bonds is 6. The molecule has 2 heterocycles. The average molecular weight is 841 g/mol. The van der Waals surface area contributed by atoms with E-state index in [-0.39, 0.29) is 5.41 Å². The molecule has 310 valence electrons. The van der Waals surface area contributed by atoms with Crippen molar-refractivity contribution in [1.82, 2.24) is 9.38 Å². The summed E-state index contributed by atoms with van der Waals surface area (Å²) in [7, 11) is 0. The Hall–Kier alpha value is -8.33. The molecule has 0 fully saturated rings. The molecule has 1 aliphatic carbocycles. The van der Waals surface area contributed by atoms with E-state index in [9.17, 15) is 0 Å². The molecule has 0 bridgehead atoms. The lowest BCUT2D eigenvalue weighted by molar-refractivity contribution is 0.661. The van der Waals surface area contributed by atoms with E-state index < -0.39 is 0 Å². The summed E-state index contributed by atoms with van der Waals surface area (Å²) < 4.78 is 2.13. The van der Waals surface area contributed by atoms with Crippen LogP contribution in [0.5, 0.6) is 0 Å². The molecule has 0 amide bonds. The van der Waals surface area contributed by atoms with Crippen LogP contribution >= 0.6 is 0 Å².